The number of anilines is 1. The Morgan fingerprint density at radius 3 is 2.19 bits per heavy atom. The highest BCUT2D eigenvalue weighted by Gasteiger charge is 2.20. The van der Waals surface area contributed by atoms with E-state index < -0.39 is 0 Å². The van der Waals surface area contributed by atoms with Crippen molar-refractivity contribution < 1.29 is 4.39 Å². The smallest absolute Gasteiger partial charge is 0.130 e. The summed E-state index contributed by atoms with van der Waals surface area (Å²) in [5, 5.41) is 0. The maximum Gasteiger partial charge on any atom is 0.130 e. The van der Waals surface area contributed by atoms with Crippen molar-refractivity contribution in [2.75, 3.05) is 18.0 Å². The number of halogens is 1. The molecule has 0 radical (unpaired) electrons. The molecule has 1 heterocycles. The first-order valence-corrected chi connectivity index (χ1v) is 7.52. The quantitative estimate of drug-likeness (QED) is 0.915. The molecule has 110 valence electrons. The molecule has 1 aliphatic rings. The number of fused-ring (bicyclic) bond motifs is 1. The van der Waals surface area contributed by atoms with Crippen molar-refractivity contribution in [3.63, 3.8) is 0 Å². The van der Waals surface area contributed by atoms with Crippen LogP contribution in [0.3, 0.4) is 0 Å². The largest absolute Gasteiger partial charge is 0.371 e. The van der Waals surface area contributed by atoms with Crippen LogP contribution in [0.1, 0.15) is 29.7 Å². The van der Waals surface area contributed by atoms with Crippen molar-refractivity contribution >= 4 is 5.69 Å². The number of nitrogens with zero attached hydrogens (tertiary/aromatic N) is 1. The SMILES string of the molecule is CC(N)c1c(F)cccc1N1CCc2ccccc2CC1. The average Bonchev–Trinajstić information content (AvgIpc) is 2.69. The topological polar surface area (TPSA) is 29.3 Å². The van der Waals surface area contributed by atoms with Gasteiger partial charge < -0.3 is 10.6 Å². The van der Waals surface area contributed by atoms with Gasteiger partial charge in [0.1, 0.15) is 5.82 Å². The summed E-state index contributed by atoms with van der Waals surface area (Å²) >= 11 is 0. The normalized spacial score (nSPS) is 16.2. The van der Waals surface area contributed by atoms with E-state index in [0.29, 0.717) is 5.56 Å². The molecule has 0 amide bonds. The van der Waals surface area contributed by atoms with Crippen LogP contribution in [0.25, 0.3) is 0 Å². The van der Waals surface area contributed by atoms with Gasteiger partial charge in [-0.3, -0.25) is 0 Å². The lowest BCUT2D eigenvalue weighted by molar-refractivity contribution is 0.591. The predicted octanol–water partition coefficient (Wildman–Crippen LogP) is 3.45. The van der Waals surface area contributed by atoms with Crippen molar-refractivity contribution in [2.24, 2.45) is 5.73 Å². The Morgan fingerprint density at radius 2 is 1.62 bits per heavy atom. The standard InChI is InChI=1S/C18H21FN2/c1-13(20)18-16(19)7-4-8-17(18)21-11-9-14-5-2-3-6-15(14)10-12-21/h2-8,13H,9-12,20H2,1H3. The molecule has 1 atom stereocenters. The Balaban J connectivity index is 1.92. The summed E-state index contributed by atoms with van der Waals surface area (Å²) in [6, 6.07) is 13.5. The fourth-order valence-electron chi connectivity index (χ4n) is 3.16. The average molecular weight is 284 g/mol. The second-order valence-corrected chi connectivity index (χ2v) is 5.72. The molecule has 2 N–H and O–H groups in total. The second-order valence-electron chi connectivity index (χ2n) is 5.72. The van der Waals surface area contributed by atoms with Crippen LogP contribution >= 0.6 is 0 Å². The molecule has 1 aliphatic heterocycles. The van der Waals surface area contributed by atoms with E-state index in [1.807, 2.05) is 13.0 Å². The van der Waals surface area contributed by atoms with E-state index in [2.05, 4.69) is 29.2 Å². The minimum absolute atomic E-state index is 0.204. The van der Waals surface area contributed by atoms with E-state index in [4.69, 9.17) is 5.73 Å². The lowest BCUT2D eigenvalue weighted by Gasteiger charge is -2.27. The van der Waals surface area contributed by atoms with Crippen molar-refractivity contribution in [1.29, 1.82) is 0 Å². The summed E-state index contributed by atoms with van der Waals surface area (Å²) in [5.41, 5.74) is 10.4. The molecule has 0 saturated carbocycles. The zero-order valence-electron chi connectivity index (χ0n) is 12.3. The van der Waals surface area contributed by atoms with Gasteiger partial charge in [0.2, 0.25) is 0 Å². The highest BCUT2D eigenvalue weighted by Crippen LogP contribution is 2.29. The summed E-state index contributed by atoms with van der Waals surface area (Å²) in [5.74, 6) is -0.204. The fraction of sp³-hybridized carbons (Fsp3) is 0.333. The third kappa shape index (κ3) is 2.79. The van der Waals surface area contributed by atoms with Crippen LogP contribution in [-0.4, -0.2) is 13.1 Å². The van der Waals surface area contributed by atoms with E-state index >= 15 is 0 Å². The Hall–Kier alpha value is -1.87. The van der Waals surface area contributed by atoms with Gasteiger partial charge >= 0.3 is 0 Å². The lowest BCUT2D eigenvalue weighted by Crippen LogP contribution is -2.28. The molecule has 0 bridgehead atoms. The molecule has 0 aromatic heterocycles. The first-order valence-electron chi connectivity index (χ1n) is 7.52. The van der Waals surface area contributed by atoms with E-state index in [0.717, 1.165) is 31.6 Å². The van der Waals surface area contributed by atoms with E-state index in [9.17, 15) is 4.39 Å². The highest BCUT2D eigenvalue weighted by molar-refractivity contribution is 5.56. The summed E-state index contributed by atoms with van der Waals surface area (Å²) in [4.78, 5) is 2.27. The van der Waals surface area contributed by atoms with Gasteiger partial charge in [0.15, 0.2) is 0 Å². The third-order valence-electron chi connectivity index (χ3n) is 4.25. The Morgan fingerprint density at radius 1 is 1.00 bits per heavy atom. The van der Waals surface area contributed by atoms with Gasteiger partial charge in [-0.1, -0.05) is 30.3 Å². The molecule has 3 rings (SSSR count). The fourth-order valence-corrected chi connectivity index (χ4v) is 3.16. The van der Waals surface area contributed by atoms with Gasteiger partial charge in [0.05, 0.1) is 0 Å². The molecular weight excluding hydrogens is 263 g/mol. The predicted molar refractivity (Wildman–Crippen MR) is 85.1 cm³/mol. The molecule has 0 spiro atoms. The molecular formula is C18H21FN2. The third-order valence-corrected chi connectivity index (χ3v) is 4.25. The number of nitrogens with two attached hydrogens (primary N) is 1. The van der Waals surface area contributed by atoms with E-state index in [-0.39, 0.29) is 11.9 Å². The van der Waals surface area contributed by atoms with Gasteiger partial charge in [-0.15, -0.1) is 0 Å². The first-order chi connectivity index (χ1) is 10.2. The Kier molecular flexibility index (Phi) is 3.93. The van der Waals surface area contributed by atoms with Crippen LogP contribution in [-0.2, 0) is 12.8 Å². The molecule has 2 aromatic carbocycles. The summed E-state index contributed by atoms with van der Waals surface area (Å²) in [6.07, 6.45) is 1.98. The molecule has 0 aliphatic carbocycles. The van der Waals surface area contributed by atoms with Gasteiger partial charge in [-0.05, 0) is 43.0 Å². The number of rotatable bonds is 2. The van der Waals surface area contributed by atoms with E-state index in [1.54, 1.807) is 6.07 Å². The number of hydrogen-bond donors (Lipinski definition) is 1. The number of hydrogen-bond acceptors (Lipinski definition) is 2. The molecule has 1 unspecified atom stereocenters. The van der Waals surface area contributed by atoms with Gasteiger partial charge in [0.25, 0.3) is 0 Å². The van der Waals surface area contributed by atoms with Crippen LogP contribution in [0.4, 0.5) is 10.1 Å². The molecule has 3 heteroatoms. The van der Waals surface area contributed by atoms with Crippen LogP contribution in [0, 0.1) is 5.82 Å². The monoisotopic (exact) mass is 284 g/mol. The zero-order valence-corrected chi connectivity index (χ0v) is 12.3. The van der Waals surface area contributed by atoms with Gasteiger partial charge in [-0.2, -0.15) is 0 Å². The Bertz CT molecular complexity index is 610. The highest BCUT2D eigenvalue weighted by atomic mass is 19.1. The first kappa shape index (κ1) is 14.1. The maximum absolute atomic E-state index is 14.1. The molecule has 0 saturated heterocycles. The molecule has 21 heavy (non-hydrogen) atoms. The molecule has 2 aromatic rings. The minimum Gasteiger partial charge on any atom is -0.371 e. The second kappa shape index (κ2) is 5.86. The minimum atomic E-state index is -0.299. The van der Waals surface area contributed by atoms with Crippen LogP contribution in [0.15, 0.2) is 42.5 Å². The summed E-state index contributed by atoms with van der Waals surface area (Å²) in [6.45, 7) is 3.65. The zero-order chi connectivity index (χ0) is 14.8. The molecule has 0 fully saturated rings. The summed E-state index contributed by atoms with van der Waals surface area (Å²) < 4.78 is 14.1. The summed E-state index contributed by atoms with van der Waals surface area (Å²) in [7, 11) is 0. The number of benzene rings is 2. The maximum atomic E-state index is 14.1. The molecule has 2 nitrogen and oxygen atoms in total. The van der Waals surface area contributed by atoms with Crippen molar-refractivity contribution in [2.45, 2.75) is 25.8 Å². The lowest BCUT2D eigenvalue weighted by atomic mass is 10.0. The Labute approximate surface area is 125 Å². The van der Waals surface area contributed by atoms with E-state index in [1.165, 1.54) is 17.2 Å². The van der Waals surface area contributed by atoms with Crippen molar-refractivity contribution in [3.8, 4) is 0 Å². The van der Waals surface area contributed by atoms with Gasteiger partial charge in [0, 0.05) is 30.4 Å². The van der Waals surface area contributed by atoms with Crippen molar-refractivity contribution in [1.82, 2.24) is 0 Å². The van der Waals surface area contributed by atoms with Crippen LogP contribution < -0.4 is 10.6 Å². The van der Waals surface area contributed by atoms with Crippen LogP contribution in [0.2, 0.25) is 0 Å². The van der Waals surface area contributed by atoms with Gasteiger partial charge in [-0.25, -0.2) is 4.39 Å². The van der Waals surface area contributed by atoms with Crippen LogP contribution in [0.5, 0.6) is 0 Å². The van der Waals surface area contributed by atoms with Crippen molar-refractivity contribution in [3.05, 3.63) is 65.0 Å².